The van der Waals surface area contributed by atoms with Gasteiger partial charge in [0.25, 0.3) is 5.92 Å². The third-order valence-corrected chi connectivity index (χ3v) is 2.09. The van der Waals surface area contributed by atoms with Gasteiger partial charge in [0.2, 0.25) is 0 Å². The zero-order chi connectivity index (χ0) is 15.9. The quantitative estimate of drug-likeness (QED) is 0.672. The van der Waals surface area contributed by atoms with Gasteiger partial charge in [0.15, 0.2) is 0 Å². The normalized spacial score (nSPS) is 18.3. The molecule has 0 fully saturated rings. The molecule has 0 heterocycles. The van der Waals surface area contributed by atoms with Crippen molar-refractivity contribution in [3.05, 3.63) is 0 Å². The van der Waals surface area contributed by atoms with E-state index in [1.807, 2.05) is 0 Å². The SMILES string of the molecule is FCCC(F)(F)C(F)(C(F)(F)F)C(F)(F)C(F)(F)F. The lowest BCUT2D eigenvalue weighted by molar-refractivity contribution is -0.423. The van der Waals surface area contributed by atoms with E-state index in [0.717, 1.165) is 0 Å². The first-order chi connectivity index (χ1) is 8.06. The molecule has 0 aliphatic rings. The Bertz CT molecular complexity index is 311. The van der Waals surface area contributed by atoms with Gasteiger partial charge in [-0.2, -0.15) is 35.1 Å². The predicted octanol–water partition coefficient (Wildman–Crippen LogP) is 4.45. The molecule has 19 heavy (non-hydrogen) atoms. The Morgan fingerprint density at radius 2 is 0.947 bits per heavy atom. The van der Waals surface area contributed by atoms with Gasteiger partial charge in [-0.1, -0.05) is 0 Å². The Hall–Kier alpha value is -0.840. The molecule has 1 unspecified atom stereocenters. The van der Waals surface area contributed by atoms with Gasteiger partial charge in [-0.15, -0.1) is 0 Å². The average Bonchev–Trinajstić information content (AvgIpc) is 2.12. The molecule has 0 rings (SSSR count). The molecule has 0 saturated carbocycles. The van der Waals surface area contributed by atoms with Crippen molar-refractivity contribution in [2.75, 3.05) is 6.67 Å². The van der Waals surface area contributed by atoms with Crippen LogP contribution in [0.3, 0.4) is 0 Å². The van der Waals surface area contributed by atoms with Gasteiger partial charge in [0.05, 0.1) is 6.67 Å². The summed E-state index contributed by atoms with van der Waals surface area (Å²) < 4.78 is 146. The maximum Gasteiger partial charge on any atom is 0.457 e. The van der Waals surface area contributed by atoms with Gasteiger partial charge in [0.1, 0.15) is 0 Å². The van der Waals surface area contributed by atoms with Crippen LogP contribution in [0, 0.1) is 0 Å². The van der Waals surface area contributed by atoms with Crippen LogP contribution in [-0.2, 0) is 0 Å². The Morgan fingerprint density at radius 1 is 0.579 bits per heavy atom. The topological polar surface area (TPSA) is 0 Å². The van der Waals surface area contributed by atoms with Gasteiger partial charge < -0.3 is 0 Å². The summed E-state index contributed by atoms with van der Waals surface area (Å²) in [5.74, 6) is -13.8. The fraction of sp³-hybridized carbons (Fsp3) is 1.00. The maximum absolute atomic E-state index is 13.0. The van der Waals surface area contributed by atoms with Crippen LogP contribution in [0.5, 0.6) is 0 Å². The fourth-order valence-electron chi connectivity index (χ4n) is 1.10. The summed E-state index contributed by atoms with van der Waals surface area (Å²) in [6, 6.07) is 0. The highest BCUT2D eigenvalue weighted by Crippen LogP contribution is 2.59. The molecule has 1 atom stereocenters. The molecule has 0 radical (unpaired) electrons. The van der Waals surface area contributed by atoms with Crippen molar-refractivity contribution in [1.82, 2.24) is 0 Å². The van der Waals surface area contributed by atoms with Gasteiger partial charge >= 0.3 is 23.9 Å². The van der Waals surface area contributed by atoms with E-state index in [-0.39, 0.29) is 0 Å². The minimum atomic E-state index is -7.45. The van der Waals surface area contributed by atoms with E-state index in [1.165, 1.54) is 0 Å². The largest absolute Gasteiger partial charge is 0.457 e. The van der Waals surface area contributed by atoms with Crippen molar-refractivity contribution in [3.8, 4) is 0 Å². The molecule has 0 aromatic rings. The second-order valence-electron chi connectivity index (χ2n) is 3.37. The number of alkyl halides is 12. The molecular weight excluding hydrogens is 312 g/mol. The van der Waals surface area contributed by atoms with Crippen LogP contribution in [0.15, 0.2) is 0 Å². The fourth-order valence-corrected chi connectivity index (χ4v) is 1.10. The number of rotatable bonds is 4. The van der Waals surface area contributed by atoms with E-state index >= 15 is 0 Å². The molecule has 0 spiro atoms. The molecule has 0 aromatic carbocycles. The van der Waals surface area contributed by atoms with Crippen LogP contribution in [0.25, 0.3) is 0 Å². The van der Waals surface area contributed by atoms with E-state index in [4.69, 9.17) is 0 Å². The summed E-state index contributed by atoms with van der Waals surface area (Å²) in [5, 5.41) is 0. The summed E-state index contributed by atoms with van der Waals surface area (Å²) in [6.45, 7) is -2.43. The van der Waals surface area contributed by atoms with E-state index in [2.05, 4.69) is 0 Å². The molecule has 0 aromatic heterocycles. The van der Waals surface area contributed by atoms with Crippen LogP contribution in [0.1, 0.15) is 6.42 Å². The third kappa shape index (κ3) is 2.57. The van der Waals surface area contributed by atoms with Crippen LogP contribution in [0.2, 0.25) is 0 Å². The first-order valence-corrected chi connectivity index (χ1v) is 4.20. The number of hydrogen-bond donors (Lipinski definition) is 0. The summed E-state index contributed by atoms with van der Waals surface area (Å²) in [6.07, 6.45) is -17.3. The van der Waals surface area contributed by atoms with Crippen LogP contribution in [0.4, 0.5) is 52.7 Å². The Kier molecular flexibility index (Phi) is 4.41. The van der Waals surface area contributed by atoms with Crippen molar-refractivity contribution >= 4 is 0 Å². The van der Waals surface area contributed by atoms with Crippen LogP contribution in [-0.4, -0.2) is 36.5 Å². The van der Waals surface area contributed by atoms with Crippen LogP contribution >= 0.6 is 0 Å². The van der Waals surface area contributed by atoms with Gasteiger partial charge in [-0.3, -0.25) is 4.39 Å². The minimum Gasteiger partial charge on any atom is -0.251 e. The zero-order valence-corrected chi connectivity index (χ0v) is 8.45. The first-order valence-electron chi connectivity index (χ1n) is 4.20. The van der Waals surface area contributed by atoms with Crippen molar-refractivity contribution in [2.45, 2.75) is 36.3 Å². The first kappa shape index (κ1) is 18.2. The summed E-state index contributed by atoms with van der Waals surface area (Å²) >= 11 is 0. The molecule has 0 aliphatic heterocycles. The molecule has 0 aliphatic carbocycles. The maximum atomic E-state index is 13.0. The summed E-state index contributed by atoms with van der Waals surface area (Å²) in [5.41, 5.74) is -7.27. The van der Waals surface area contributed by atoms with E-state index in [1.54, 1.807) is 0 Å². The third-order valence-electron chi connectivity index (χ3n) is 2.09. The Morgan fingerprint density at radius 3 is 1.16 bits per heavy atom. The summed E-state index contributed by atoms with van der Waals surface area (Å²) in [7, 11) is 0. The molecular formula is C7H4F12. The summed E-state index contributed by atoms with van der Waals surface area (Å²) in [4.78, 5) is 0. The highest BCUT2D eigenvalue weighted by Gasteiger charge is 2.89. The monoisotopic (exact) mass is 316 g/mol. The highest BCUT2D eigenvalue weighted by molar-refractivity contribution is 5.11. The second-order valence-corrected chi connectivity index (χ2v) is 3.37. The van der Waals surface area contributed by atoms with E-state index < -0.39 is 43.0 Å². The zero-order valence-electron chi connectivity index (χ0n) is 8.45. The smallest absolute Gasteiger partial charge is 0.251 e. The Labute approximate surface area is 96.9 Å². The van der Waals surface area contributed by atoms with Crippen molar-refractivity contribution in [2.24, 2.45) is 0 Å². The highest BCUT2D eigenvalue weighted by atomic mass is 19.4. The van der Waals surface area contributed by atoms with Gasteiger partial charge in [-0.05, 0) is 0 Å². The number of hydrogen-bond acceptors (Lipinski definition) is 0. The molecule has 0 amide bonds. The molecule has 0 bridgehead atoms. The average molecular weight is 316 g/mol. The molecule has 116 valence electrons. The van der Waals surface area contributed by atoms with Gasteiger partial charge in [0, 0.05) is 6.42 Å². The molecule has 0 nitrogen and oxygen atoms in total. The van der Waals surface area contributed by atoms with Crippen LogP contribution < -0.4 is 0 Å². The van der Waals surface area contributed by atoms with Gasteiger partial charge in [-0.25, -0.2) is 13.2 Å². The molecule has 12 heteroatoms. The standard InChI is InChI=1S/C7H4F12/c8-2-1-3(9,10)4(11,6(14,15)16)5(12,13)7(17,18)19/h1-2H2. The van der Waals surface area contributed by atoms with Crippen molar-refractivity contribution in [1.29, 1.82) is 0 Å². The van der Waals surface area contributed by atoms with Crippen molar-refractivity contribution < 1.29 is 52.7 Å². The molecule has 0 N–H and O–H groups in total. The second kappa shape index (κ2) is 4.62. The predicted molar refractivity (Wildman–Crippen MR) is 36.4 cm³/mol. The van der Waals surface area contributed by atoms with Crippen molar-refractivity contribution in [3.63, 3.8) is 0 Å². The lowest BCUT2D eigenvalue weighted by Crippen LogP contribution is -2.70. The lowest BCUT2D eigenvalue weighted by atomic mass is 9.87. The lowest BCUT2D eigenvalue weighted by Gasteiger charge is -2.40. The Balaban J connectivity index is 6.13. The molecule has 0 saturated heterocycles. The minimum absolute atomic E-state index is 2.43. The van der Waals surface area contributed by atoms with E-state index in [0.29, 0.717) is 0 Å². The number of halogens is 12. The van der Waals surface area contributed by atoms with E-state index in [9.17, 15) is 52.7 Å².